The lowest BCUT2D eigenvalue weighted by Gasteiger charge is -2.18. The average molecular weight is 299 g/mol. The zero-order valence-corrected chi connectivity index (χ0v) is 11.7. The van der Waals surface area contributed by atoms with E-state index < -0.39 is 0 Å². The van der Waals surface area contributed by atoms with Gasteiger partial charge in [-0.2, -0.15) is 0 Å². The van der Waals surface area contributed by atoms with Crippen molar-refractivity contribution in [2.45, 2.75) is 13.3 Å². The van der Waals surface area contributed by atoms with E-state index in [4.69, 9.17) is 0 Å². The zero-order chi connectivity index (χ0) is 11.4. The summed E-state index contributed by atoms with van der Waals surface area (Å²) in [7, 11) is 0. The smallest absolute Gasteiger partial charge is 0.186 e. The predicted molar refractivity (Wildman–Crippen MR) is 75.9 cm³/mol. The van der Waals surface area contributed by atoms with Gasteiger partial charge in [-0.15, -0.1) is 0 Å². The fraction of sp³-hybridized carbons (Fsp3) is 0.417. The minimum absolute atomic E-state index is 1.02. The van der Waals surface area contributed by atoms with Gasteiger partial charge in [0, 0.05) is 18.4 Å². The summed E-state index contributed by atoms with van der Waals surface area (Å²) in [5, 5.41) is 2.19. The summed E-state index contributed by atoms with van der Waals surface area (Å²) in [6.07, 6.45) is 1.16. The van der Waals surface area contributed by atoms with E-state index in [0.29, 0.717) is 0 Å². The van der Waals surface area contributed by atoms with Crippen molar-refractivity contribution in [1.82, 2.24) is 4.98 Å². The van der Waals surface area contributed by atoms with Gasteiger partial charge < -0.3 is 4.90 Å². The molecular formula is C12H15BrN2S. The maximum absolute atomic E-state index is 4.67. The lowest BCUT2D eigenvalue weighted by Crippen LogP contribution is -2.23. The standard InChI is InChI=1S/C12H15BrN2S/c1-2-15(9-5-8-13)12-14-10-6-3-4-7-11(10)16-12/h3-4,6-7H,2,5,8-9H2,1H3. The van der Waals surface area contributed by atoms with Crippen molar-refractivity contribution in [3.05, 3.63) is 24.3 Å². The minimum atomic E-state index is 1.02. The van der Waals surface area contributed by atoms with Crippen LogP contribution in [-0.2, 0) is 0 Å². The SMILES string of the molecule is CCN(CCCBr)c1nc2ccccc2s1. The number of benzene rings is 1. The average Bonchev–Trinajstić information content (AvgIpc) is 2.73. The van der Waals surface area contributed by atoms with Crippen molar-refractivity contribution in [3.8, 4) is 0 Å². The predicted octanol–water partition coefficient (Wildman–Crippen LogP) is 3.91. The Labute approximate surface area is 108 Å². The maximum atomic E-state index is 4.67. The number of rotatable bonds is 5. The highest BCUT2D eigenvalue weighted by molar-refractivity contribution is 9.09. The fourth-order valence-corrected chi connectivity index (χ4v) is 2.94. The number of anilines is 1. The number of hydrogen-bond acceptors (Lipinski definition) is 3. The lowest BCUT2D eigenvalue weighted by atomic mass is 10.3. The molecule has 86 valence electrons. The molecule has 1 aromatic heterocycles. The van der Waals surface area contributed by atoms with E-state index in [2.05, 4.69) is 50.9 Å². The highest BCUT2D eigenvalue weighted by atomic mass is 79.9. The molecule has 2 rings (SSSR count). The molecule has 2 aromatic rings. The molecule has 0 N–H and O–H groups in total. The van der Waals surface area contributed by atoms with Crippen LogP contribution in [0.5, 0.6) is 0 Å². The topological polar surface area (TPSA) is 16.1 Å². The molecule has 1 heterocycles. The minimum Gasteiger partial charge on any atom is -0.348 e. The summed E-state index contributed by atoms with van der Waals surface area (Å²) in [5.41, 5.74) is 1.11. The summed E-state index contributed by atoms with van der Waals surface area (Å²) < 4.78 is 1.27. The van der Waals surface area contributed by atoms with Gasteiger partial charge in [0.25, 0.3) is 0 Å². The Hall–Kier alpha value is -0.610. The highest BCUT2D eigenvalue weighted by Gasteiger charge is 2.09. The molecule has 16 heavy (non-hydrogen) atoms. The largest absolute Gasteiger partial charge is 0.348 e. The van der Waals surface area contributed by atoms with Gasteiger partial charge in [-0.05, 0) is 25.5 Å². The second-order valence-corrected chi connectivity index (χ2v) is 5.39. The van der Waals surface area contributed by atoms with Gasteiger partial charge in [0.15, 0.2) is 5.13 Å². The third kappa shape index (κ3) is 2.55. The molecular weight excluding hydrogens is 284 g/mol. The molecule has 1 aromatic carbocycles. The molecule has 0 spiro atoms. The molecule has 0 bridgehead atoms. The summed E-state index contributed by atoms with van der Waals surface area (Å²) in [6, 6.07) is 8.32. The van der Waals surface area contributed by atoms with Gasteiger partial charge in [0.2, 0.25) is 0 Å². The normalized spacial score (nSPS) is 10.9. The fourth-order valence-electron chi connectivity index (χ4n) is 1.63. The van der Waals surface area contributed by atoms with Crippen LogP contribution in [0, 0.1) is 0 Å². The first-order chi connectivity index (χ1) is 7.85. The molecule has 0 aliphatic carbocycles. The molecule has 2 nitrogen and oxygen atoms in total. The van der Waals surface area contributed by atoms with E-state index in [1.54, 1.807) is 11.3 Å². The van der Waals surface area contributed by atoms with E-state index in [-0.39, 0.29) is 0 Å². The molecule has 0 aliphatic heterocycles. The summed E-state index contributed by atoms with van der Waals surface area (Å²) >= 11 is 5.25. The molecule has 0 unspecified atom stereocenters. The molecule has 0 aliphatic rings. The quantitative estimate of drug-likeness (QED) is 0.778. The number of para-hydroxylation sites is 1. The van der Waals surface area contributed by atoms with Crippen LogP contribution in [0.1, 0.15) is 13.3 Å². The van der Waals surface area contributed by atoms with Crippen LogP contribution in [0.3, 0.4) is 0 Å². The molecule has 0 amide bonds. The van der Waals surface area contributed by atoms with Crippen LogP contribution in [-0.4, -0.2) is 23.4 Å². The second-order valence-electron chi connectivity index (χ2n) is 3.59. The Kier molecular flexibility index (Phi) is 4.18. The van der Waals surface area contributed by atoms with Crippen LogP contribution < -0.4 is 4.90 Å². The first kappa shape index (κ1) is 11.9. The molecule has 0 fully saturated rings. The van der Waals surface area contributed by atoms with Gasteiger partial charge in [-0.25, -0.2) is 4.98 Å². The molecule has 0 radical (unpaired) electrons. The molecule has 0 saturated heterocycles. The van der Waals surface area contributed by atoms with Crippen molar-refractivity contribution < 1.29 is 0 Å². The van der Waals surface area contributed by atoms with Crippen LogP contribution in [0.15, 0.2) is 24.3 Å². The van der Waals surface area contributed by atoms with Gasteiger partial charge >= 0.3 is 0 Å². The Morgan fingerprint density at radius 1 is 1.38 bits per heavy atom. The van der Waals surface area contributed by atoms with Gasteiger partial charge in [0.05, 0.1) is 10.2 Å². The Balaban J connectivity index is 2.23. The summed E-state index contributed by atoms with van der Waals surface area (Å²) in [5.74, 6) is 0. The lowest BCUT2D eigenvalue weighted by molar-refractivity contribution is 0.796. The monoisotopic (exact) mass is 298 g/mol. The van der Waals surface area contributed by atoms with Crippen LogP contribution >= 0.6 is 27.3 Å². The van der Waals surface area contributed by atoms with E-state index in [1.807, 2.05) is 6.07 Å². The van der Waals surface area contributed by atoms with E-state index in [9.17, 15) is 0 Å². The van der Waals surface area contributed by atoms with Crippen LogP contribution in [0.4, 0.5) is 5.13 Å². The van der Waals surface area contributed by atoms with Crippen LogP contribution in [0.2, 0.25) is 0 Å². The molecule has 0 saturated carbocycles. The highest BCUT2D eigenvalue weighted by Crippen LogP contribution is 2.28. The number of thiazole rings is 1. The van der Waals surface area contributed by atoms with E-state index >= 15 is 0 Å². The first-order valence-corrected chi connectivity index (χ1v) is 7.45. The van der Waals surface area contributed by atoms with E-state index in [0.717, 1.165) is 35.5 Å². The van der Waals surface area contributed by atoms with Gasteiger partial charge in [-0.3, -0.25) is 0 Å². The zero-order valence-electron chi connectivity index (χ0n) is 9.32. The van der Waals surface area contributed by atoms with Crippen LogP contribution in [0.25, 0.3) is 10.2 Å². The van der Waals surface area contributed by atoms with Crippen molar-refractivity contribution in [3.63, 3.8) is 0 Å². The van der Waals surface area contributed by atoms with Crippen molar-refractivity contribution in [1.29, 1.82) is 0 Å². The molecule has 0 atom stereocenters. The third-order valence-electron chi connectivity index (χ3n) is 2.50. The number of halogens is 1. The second kappa shape index (κ2) is 5.64. The van der Waals surface area contributed by atoms with Gasteiger partial charge in [0.1, 0.15) is 0 Å². The number of fused-ring (bicyclic) bond motifs is 1. The molecule has 4 heteroatoms. The van der Waals surface area contributed by atoms with Crippen molar-refractivity contribution in [2.75, 3.05) is 23.3 Å². The maximum Gasteiger partial charge on any atom is 0.186 e. The summed E-state index contributed by atoms with van der Waals surface area (Å²) in [6.45, 7) is 4.27. The Morgan fingerprint density at radius 3 is 2.88 bits per heavy atom. The number of alkyl halides is 1. The summed E-state index contributed by atoms with van der Waals surface area (Å²) in [4.78, 5) is 7.01. The number of aromatic nitrogens is 1. The van der Waals surface area contributed by atoms with Crippen molar-refractivity contribution in [2.24, 2.45) is 0 Å². The number of hydrogen-bond donors (Lipinski definition) is 0. The first-order valence-electron chi connectivity index (χ1n) is 5.51. The van der Waals surface area contributed by atoms with E-state index in [1.165, 1.54) is 4.70 Å². The third-order valence-corrected chi connectivity index (χ3v) is 4.15. The Morgan fingerprint density at radius 2 is 2.19 bits per heavy atom. The number of nitrogens with zero attached hydrogens (tertiary/aromatic N) is 2. The van der Waals surface area contributed by atoms with Crippen molar-refractivity contribution >= 4 is 42.6 Å². The van der Waals surface area contributed by atoms with Gasteiger partial charge in [-0.1, -0.05) is 39.4 Å². The Bertz CT molecular complexity index is 422.